The molecule has 31 heavy (non-hydrogen) atoms. The van der Waals surface area contributed by atoms with Crippen molar-refractivity contribution in [3.63, 3.8) is 0 Å². The smallest absolute Gasteiger partial charge is 0.135 e. The number of benzene rings is 3. The number of aromatic nitrogens is 1. The fourth-order valence-electron chi connectivity index (χ4n) is 3.68. The molecule has 0 bridgehead atoms. The van der Waals surface area contributed by atoms with Crippen molar-refractivity contribution in [2.75, 3.05) is 19.0 Å². The Hall–Kier alpha value is -2.80. The zero-order valence-corrected chi connectivity index (χ0v) is 18.7. The van der Waals surface area contributed by atoms with Crippen molar-refractivity contribution in [2.24, 2.45) is 5.73 Å². The maximum absolute atomic E-state index is 5.81. The Labute approximate surface area is 187 Å². The second kappa shape index (κ2) is 10.5. The minimum Gasteiger partial charge on any atom is -0.495 e. The van der Waals surface area contributed by atoms with Crippen LogP contribution in [0.1, 0.15) is 19.8 Å². The first kappa shape index (κ1) is 22.9. The van der Waals surface area contributed by atoms with Crippen molar-refractivity contribution >= 4 is 39.1 Å². The van der Waals surface area contributed by atoms with Gasteiger partial charge in [0.05, 0.1) is 23.2 Å². The molecule has 0 aliphatic rings. The van der Waals surface area contributed by atoms with Crippen molar-refractivity contribution in [1.29, 1.82) is 0 Å². The summed E-state index contributed by atoms with van der Waals surface area (Å²) in [5.41, 5.74) is 7.63. The molecular weight excluding hydrogens is 406 g/mol. The molecule has 1 aromatic heterocycles. The molecule has 6 heteroatoms. The highest BCUT2D eigenvalue weighted by Crippen LogP contribution is 2.43. The Kier molecular flexibility index (Phi) is 7.74. The van der Waals surface area contributed by atoms with Gasteiger partial charge in [0.15, 0.2) is 0 Å². The molecule has 5 nitrogen and oxygen atoms in total. The number of nitrogens with one attached hydrogen (secondary N) is 1. The minimum absolute atomic E-state index is 0. The van der Waals surface area contributed by atoms with E-state index in [2.05, 4.69) is 71.8 Å². The Morgan fingerprint density at radius 2 is 1.87 bits per heavy atom. The summed E-state index contributed by atoms with van der Waals surface area (Å²) in [6, 6.07) is 21.4. The molecule has 3 aromatic carbocycles. The molecule has 0 saturated carbocycles. The van der Waals surface area contributed by atoms with E-state index in [-0.39, 0.29) is 5.48 Å². The molecule has 0 aliphatic heterocycles. The number of pyridine rings is 1. The lowest BCUT2D eigenvalue weighted by atomic mass is 10.1. The Bertz CT molecular complexity index is 1170. The normalized spacial score (nSPS) is 11.8. The van der Waals surface area contributed by atoms with Gasteiger partial charge in [0, 0.05) is 28.6 Å². The number of anilines is 1. The van der Waals surface area contributed by atoms with E-state index >= 15 is 0 Å². The van der Waals surface area contributed by atoms with Crippen LogP contribution in [0, 0.1) is 0 Å². The van der Waals surface area contributed by atoms with E-state index < -0.39 is 0 Å². The van der Waals surface area contributed by atoms with E-state index in [4.69, 9.17) is 10.5 Å². The molecule has 4 rings (SSSR count). The summed E-state index contributed by atoms with van der Waals surface area (Å²) >= 11 is 1.72. The zero-order chi connectivity index (χ0) is 20.9. The van der Waals surface area contributed by atoms with Gasteiger partial charge in [-0.3, -0.25) is 4.98 Å². The van der Waals surface area contributed by atoms with Gasteiger partial charge in [0.25, 0.3) is 0 Å². The number of hydrogen-bond acceptors (Lipinski definition) is 5. The summed E-state index contributed by atoms with van der Waals surface area (Å²) in [7, 11) is 1.73. The number of methoxy groups -OCH3 is 1. The molecule has 1 unspecified atom stereocenters. The molecule has 1 heterocycles. The molecule has 0 fully saturated rings. The molecule has 5 N–H and O–H groups in total. The second-order valence-corrected chi connectivity index (χ2v) is 8.53. The lowest BCUT2D eigenvalue weighted by molar-refractivity contribution is 0.406. The first-order chi connectivity index (χ1) is 14.7. The highest BCUT2D eigenvalue weighted by molar-refractivity contribution is 7.99. The van der Waals surface area contributed by atoms with Gasteiger partial charge in [0.2, 0.25) is 0 Å². The maximum Gasteiger partial charge on any atom is 0.135 e. The first-order valence-corrected chi connectivity index (χ1v) is 11.1. The third-order valence-corrected chi connectivity index (χ3v) is 6.33. The van der Waals surface area contributed by atoms with Gasteiger partial charge in [-0.25, -0.2) is 0 Å². The summed E-state index contributed by atoms with van der Waals surface area (Å²) in [4.78, 5) is 6.94. The Morgan fingerprint density at radius 3 is 2.65 bits per heavy atom. The van der Waals surface area contributed by atoms with Crippen LogP contribution in [-0.2, 0) is 0 Å². The van der Waals surface area contributed by atoms with E-state index in [1.165, 1.54) is 15.7 Å². The van der Waals surface area contributed by atoms with Gasteiger partial charge in [-0.05, 0) is 61.3 Å². The van der Waals surface area contributed by atoms with Crippen molar-refractivity contribution in [3.8, 4) is 5.75 Å². The lowest BCUT2D eigenvalue weighted by Crippen LogP contribution is -2.17. The van der Waals surface area contributed by atoms with Crippen LogP contribution in [0.3, 0.4) is 0 Å². The minimum atomic E-state index is 0. The number of ether oxygens (including phenoxy) is 1. The summed E-state index contributed by atoms with van der Waals surface area (Å²) in [6.45, 7) is 2.88. The summed E-state index contributed by atoms with van der Waals surface area (Å²) < 4.78 is 5.81. The molecule has 162 valence electrons. The van der Waals surface area contributed by atoms with Crippen LogP contribution in [0.15, 0.2) is 76.7 Å². The fraction of sp³-hybridized carbons (Fsp3) is 0.240. The van der Waals surface area contributed by atoms with E-state index in [1.807, 2.05) is 12.3 Å². The molecule has 0 amide bonds. The monoisotopic (exact) mass is 435 g/mol. The third-order valence-electron chi connectivity index (χ3n) is 5.21. The van der Waals surface area contributed by atoms with Crippen molar-refractivity contribution in [3.05, 3.63) is 66.9 Å². The van der Waals surface area contributed by atoms with E-state index in [9.17, 15) is 0 Å². The highest BCUT2D eigenvalue weighted by atomic mass is 32.2. The summed E-state index contributed by atoms with van der Waals surface area (Å²) in [5, 5.41) is 7.16. The van der Waals surface area contributed by atoms with Gasteiger partial charge in [-0.1, -0.05) is 42.1 Å². The van der Waals surface area contributed by atoms with Crippen LogP contribution in [-0.4, -0.2) is 30.2 Å². The molecule has 4 aromatic rings. The van der Waals surface area contributed by atoms with Crippen molar-refractivity contribution < 1.29 is 10.2 Å². The molecule has 0 radical (unpaired) electrons. The van der Waals surface area contributed by atoms with Gasteiger partial charge < -0.3 is 21.3 Å². The maximum atomic E-state index is 5.81. The van der Waals surface area contributed by atoms with Gasteiger partial charge in [0.1, 0.15) is 5.75 Å². The number of nitrogens with two attached hydrogens (primary N) is 1. The zero-order valence-electron chi connectivity index (χ0n) is 17.9. The molecule has 0 saturated heterocycles. The van der Waals surface area contributed by atoms with Gasteiger partial charge >= 0.3 is 0 Å². The van der Waals surface area contributed by atoms with Crippen LogP contribution in [0.25, 0.3) is 21.7 Å². The predicted octanol–water partition coefficient (Wildman–Crippen LogP) is 5.26. The van der Waals surface area contributed by atoms with Crippen LogP contribution in [0.4, 0.5) is 5.69 Å². The van der Waals surface area contributed by atoms with E-state index in [0.717, 1.165) is 40.1 Å². The van der Waals surface area contributed by atoms with Crippen molar-refractivity contribution in [2.45, 2.75) is 35.6 Å². The van der Waals surface area contributed by atoms with Gasteiger partial charge in [-0.15, -0.1) is 0 Å². The standard InChI is InChI=1S/C25H27N3OS.H2O/c1-17(7-5-13-26)28-22-16-23(29-2)25(21-10-6-14-27-24(21)22)30-20-12-11-18-8-3-4-9-19(18)15-20;/h3-4,6,8-12,14-17,28H,5,7,13,26H2,1-2H3;1H2. The molecule has 1 atom stereocenters. The predicted molar refractivity (Wildman–Crippen MR) is 131 cm³/mol. The van der Waals surface area contributed by atoms with Crippen LogP contribution in [0.2, 0.25) is 0 Å². The van der Waals surface area contributed by atoms with Crippen molar-refractivity contribution in [1.82, 2.24) is 4.98 Å². The fourth-order valence-corrected chi connectivity index (χ4v) is 4.75. The second-order valence-electron chi connectivity index (χ2n) is 7.44. The van der Waals surface area contributed by atoms with E-state index in [1.54, 1.807) is 18.9 Å². The average molecular weight is 436 g/mol. The van der Waals surface area contributed by atoms with Crippen LogP contribution >= 0.6 is 11.8 Å². The number of hydrogen-bond donors (Lipinski definition) is 2. The quantitative estimate of drug-likeness (QED) is 0.394. The summed E-state index contributed by atoms with van der Waals surface area (Å²) in [5.74, 6) is 0.849. The first-order valence-electron chi connectivity index (χ1n) is 10.3. The average Bonchev–Trinajstić information content (AvgIpc) is 2.79. The Balaban J connectivity index is 0.00000272. The lowest BCUT2D eigenvalue weighted by Gasteiger charge is -2.19. The largest absolute Gasteiger partial charge is 0.495 e. The third kappa shape index (κ3) is 5.10. The SMILES string of the molecule is COc1cc(NC(C)CCCN)c2ncccc2c1Sc1ccc2ccccc2c1.O. The highest BCUT2D eigenvalue weighted by Gasteiger charge is 2.16. The number of rotatable bonds is 8. The topological polar surface area (TPSA) is 91.7 Å². The van der Waals surface area contributed by atoms with Crippen LogP contribution < -0.4 is 15.8 Å². The summed E-state index contributed by atoms with van der Waals surface area (Å²) in [6.07, 6.45) is 3.85. The van der Waals surface area contributed by atoms with Gasteiger partial charge in [-0.2, -0.15) is 0 Å². The van der Waals surface area contributed by atoms with Crippen LogP contribution in [0.5, 0.6) is 5.75 Å². The number of fused-ring (bicyclic) bond motifs is 2. The number of nitrogens with zero attached hydrogens (tertiary/aromatic N) is 1. The Morgan fingerprint density at radius 1 is 1.06 bits per heavy atom. The molecule has 0 spiro atoms. The molecule has 0 aliphatic carbocycles. The van der Waals surface area contributed by atoms with E-state index in [0.29, 0.717) is 12.6 Å². The molecular formula is C25H29N3O2S.